The molecule has 0 spiro atoms. The van der Waals surface area contributed by atoms with Crippen LogP contribution < -0.4 is 11.2 Å². The second kappa shape index (κ2) is 7.19. The van der Waals surface area contributed by atoms with Gasteiger partial charge in [-0.3, -0.25) is 14.9 Å². The first-order chi connectivity index (χ1) is 9.40. The number of hydrogen-bond acceptors (Lipinski definition) is 6. The van der Waals surface area contributed by atoms with Gasteiger partial charge in [-0.1, -0.05) is 0 Å². The molecule has 0 heterocycles. The maximum atomic E-state index is 10.6. The number of halogens is 1. The van der Waals surface area contributed by atoms with Crippen LogP contribution in [0.4, 0.5) is 5.69 Å². The molecular formula is C10H10BrN5O4. The fourth-order valence-corrected chi connectivity index (χ4v) is 1.50. The van der Waals surface area contributed by atoms with Crippen LogP contribution in [0, 0.1) is 10.1 Å². The molecule has 0 fully saturated rings. The monoisotopic (exact) mass is 343 g/mol. The minimum atomic E-state index is -0.578. The summed E-state index contributed by atoms with van der Waals surface area (Å²) in [7, 11) is 0. The first-order valence-corrected chi connectivity index (χ1v) is 5.93. The number of nitrogens with zero attached hydrogens (tertiary/aromatic N) is 3. The van der Waals surface area contributed by atoms with Crippen molar-refractivity contribution in [2.75, 3.05) is 0 Å². The van der Waals surface area contributed by atoms with Crippen LogP contribution in [0.2, 0.25) is 0 Å². The summed E-state index contributed by atoms with van der Waals surface area (Å²) in [5.74, 6) is -0.792. The standard InChI is InChI=1S/C10H10BrN5O4/c1-6(17)20-15-10(12)14-13-5-7-2-3-8(16(18)19)4-9(7)11/h2-5H,1H3,(H3,12,14,15). The highest BCUT2D eigenvalue weighted by atomic mass is 79.9. The third-order valence-electron chi connectivity index (χ3n) is 1.86. The van der Waals surface area contributed by atoms with E-state index in [-0.39, 0.29) is 11.6 Å². The van der Waals surface area contributed by atoms with Crippen LogP contribution in [0.15, 0.2) is 32.9 Å². The minimum absolute atomic E-state index is 0.0476. The Morgan fingerprint density at radius 1 is 1.60 bits per heavy atom. The van der Waals surface area contributed by atoms with Crippen molar-refractivity contribution in [1.29, 1.82) is 0 Å². The van der Waals surface area contributed by atoms with Crippen LogP contribution in [-0.2, 0) is 9.63 Å². The van der Waals surface area contributed by atoms with Gasteiger partial charge in [0, 0.05) is 29.1 Å². The number of nitro groups is 1. The van der Waals surface area contributed by atoms with Gasteiger partial charge >= 0.3 is 5.97 Å². The van der Waals surface area contributed by atoms with Crippen LogP contribution in [0.3, 0.4) is 0 Å². The fraction of sp³-hybridized carbons (Fsp3) is 0.100. The molecule has 0 amide bonds. The van der Waals surface area contributed by atoms with Gasteiger partial charge in [-0.15, -0.1) is 5.10 Å². The highest BCUT2D eigenvalue weighted by Crippen LogP contribution is 2.21. The largest absolute Gasteiger partial charge is 0.366 e. The van der Waals surface area contributed by atoms with Crippen LogP contribution in [-0.4, -0.2) is 23.1 Å². The second-order valence-corrected chi connectivity index (χ2v) is 4.24. The summed E-state index contributed by atoms with van der Waals surface area (Å²) in [6.07, 6.45) is 1.33. The van der Waals surface area contributed by atoms with Crippen molar-refractivity contribution in [3.63, 3.8) is 0 Å². The molecule has 9 nitrogen and oxygen atoms in total. The van der Waals surface area contributed by atoms with Gasteiger partial charge in [0.15, 0.2) is 0 Å². The van der Waals surface area contributed by atoms with Crippen LogP contribution in [0.5, 0.6) is 0 Å². The quantitative estimate of drug-likeness (QED) is 0.365. The zero-order valence-corrected chi connectivity index (χ0v) is 11.8. The van der Waals surface area contributed by atoms with Gasteiger partial charge in [-0.2, -0.15) is 10.6 Å². The summed E-state index contributed by atoms with van der Waals surface area (Å²) in [5.41, 5.74) is 7.93. The van der Waals surface area contributed by atoms with Crippen molar-refractivity contribution in [3.8, 4) is 0 Å². The molecule has 1 aromatic carbocycles. The topological polar surface area (TPSA) is 132 Å². The third kappa shape index (κ3) is 5.02. The molecule has 0 aromatic heterocycles. The van der Waals surface area contributed by atoms with E-state index in [0.717, 1.165) is 0 Å². The molecule has 0 saturated heterocycles. The molecule has 0 aliphatic carbocycles. The lowest BCUT2D eigenvalue weighted by atomic mass is 10.2. The van der Waals surface area contributed by atoms with Crippen molar-refractivity contribution < 1.29 is 14.6 Å². The van der Waals surface area contributed by atoms with E-state index in [1.807, 2.05) is 0 Å². The molecule has 0 unspecified atom stereocenters. The zero-order chi connectivity index (χ0) is 15.1. The molecule has 0 saturated carbocycles. The van der Waals surface area contributed by atoms with Crippen molar-refractivity contribution in [2.24, 2.45) is 15.9 Å². The zero-order valence-electron chi connectivity index (χ0n) is 10.2. The van der Waals surface area contributed by atoms with E-state index >= 15 is 0 Å². The molecular weight excluding hydrogens is 334 g/mol. The van der Waals surface area contributed by atoms with Crippen LogP contribution in [0.25, 0.3) is 0 Å². The van der Waals surface area contributed by atoms with Gasteiger partial charge in [0.2, 0.25) is 5.96 Å². The number of nitrogens with two attached hydrogens (primary N) is 1. The molecule has 0 aliphatic rings. The number of non-ortho nitro benzene ring substituents is 1. The van der Waals surface area contributed by atoms with Gasteiger partial charge < -0.3 is 10.6 Å². The lowest BCUT2D eigenvalue weighted by Gasteiger charge is -2.00. The molecule has 1 rings (SSSR count). The summed E-state index contributed by atoms with van der Waals surface area (Å²) in [5, 5.41) is 17.7. The average Bonchev–Trinajstić information content (AvgIpc) is 2.38. The number of hydroxylamine groups is 1. The van der Waals surface area contributed by atoms with E-state index in [1.54, 1.807) is 0 Å². The van der Waals surface area contributed by atoms with Crippen molar-refractivity contribution in [3.05, 3.63) is 38.3 Å². The Morgan fingerprint density at radius 3 is 2.85 bits per heavy atom. The number of nitro benzene ring substituents is 1. The van der Waals surface area contributed by atoms with Crippen LogP contribution >= 0.6 is 15.9 Å². The third-order valence-corrected chi connectivity index (χ3v) is 2.54. The van der Waals surface area contributed by atoms with E-state index in [2.05, 4.69) is 36.5 Å². The Hall–Kier alpha value is -2.49. The maximum Gasteiger partial charge on any atom is 0.329 e. The van der Waals surface area contributed by atoms with E-state index < -0.39 is 10.9 Å². The summed E-state index contributed by atoms with van der Waals surface area (Å²) in [6.45, 7) is 1.19. The number of benzene rings is 1. The number of nitrogens with one attached hydrogen (secondary N) is 1. The van der Waals surface area contributed by atoms with Gasteiger partial charge in [0.1, 0.15) is 0 Å². The first kappa shape index (κ1) is 15.6. The lowest BCUT2D eigenvalue weighted by Crippen LogP contribution is -2.32. The molecule has 106 valence electrons. The summed E-state index contributed by atoms with van der Waals surface area (Å²) in [6, 6.07) is 4.17. The highest BCUT2D eigenvalue weighted by molar-refractivity contribution is 9.10. The molecule has 20 heavy (non-hydrogen) atoms. The summed E-state index contributed by atoms with van der Waals surface area (Å²) < 4.78 is 0.483. The smallest absolute Gasteiger partial charge is 0.329 e. The van der Waals surface area contributed by atoms with E-state index in [0.29, 0.717) is 10.0 Å². The van der Waals surface area contributed by atoms with Gasteiger partial charge in [0.05, 0.1) is 11.1 Å². The Morgan fingerprint density at radius 2 is 2.30 bits per heavy atom. The van der Waals surface area contributed by atoms with Gasteiger partial charge in [-0.05, 0) is 22.0 Å². The maximum absolute atomic E-state index is 10.6. The highest BCUT2D eigenvalue weighted by Gasteiger charge is 2.07. The average molecular weight is 344 g/mol. The molecule has 0 aliphatic heterocycles. The second-order valence-electron chi connectivity index (χ2n) is 3.39. The fourth-order valence-electron chi connectivity index (χ4n) is 1.03. The molecule has 0 radical (unpaired) electrons. The Kier molecular flexibility index (Phi) is 5.59. The molecule has 0 atom stereocenters. The Balaban J connectivity index is 2.73. The Bertz CT molecular complexity index is 587. The lowest BCUT2D eigenvalue weighted by molar-refractivity contribution is -0.384. The van der Waals surface area contributed by atoms with E-state index in [9.17, 15) is 14.9 Å². The predicted molar refractivity (Wildman–Crippen MR) is 74.9 cm³/mol. The van der Waals surface area contributed by atoms with E-state index in [1.165, 1.54) is 31.3 Å². The molecule has 10 heteroatoms. The molecule has 0 bridgehead atoms. The van der Waals surface area contributed by atoms with Crippen LogP contribution in [0.1, 0.15) is 12.5 Å². The summed E-state index contributed by atoms with van der Waals surface area (Å²) in [4.78, 5) is 24.9. The SMILES string of the molecule is CC(=O)ONC(N)=NN=Cc1ccc([N+](=O)[O-])cc1Br. The van der Waals surface area contributed by atoms with Gasteiger partial charge in [0.25, 0.3) is 5.69 Å². The molecule has 1 aromatic rings. The normalized spacial score (nSPS) is 11.4. The minimum Gasteiger partial charge on any atom is -0.366 e. The van der Waals surface area contributed by atoms with Crippen molar-refractivity contribution in [2.45, 2.75) is 6.92 Å². The van der Waals surface area contributed by atoms with Crippen molar-refractivity contribution in [1.82, 2.24) is 5.48 Å². The number of guanidine groups is 1. The number of carbonyl (C=O) groups excluding carboxylic acids is 1. The first-order valence-electron chi connectivity index (χ1n) is 5.14. The van der Waals surface area contributed by atoms with Gasteiger partial charge in [-0.25, -0.2) is 0 Å². The van der Waals surface area contributed by atoms with E-state index in [4.69, 9.17) is 5.73 Å². The number of hydrogen-bond donors (Lipinski definition) is 2. The Labute approximate surface area is 121 Å². The number of carbonyl (C=O) groups is 1. The predicted octanol–water partition coefficient (Wildman–Crippen LogP) is 1.07. The van der Waals surface area contributed by atoms with Crippen molar-refractivity contribution >= 4 is 39.8 Å². The number of rotatable bonds is 3. The summed E-state index contributed by atoms with van der Waals surface area (Å²) >= 11 is 3.17. The molecule has 3 N–H and O–H groups in total.